The summed E-state index contributed by atoms with van der Waals surface area (Å²) in [6, 6.07) is 4.04. The topological polar surface area (TPSA) is 157 Å². The molecule has 218 valence electrons. The zero-order valence-electron chi connectivity index (χ0n) is 23.8. The van der Waals surface area contributed by atoms with E-state index in [1.165, 1.54) is 4.90 Å². The van der Waals surface area contributed by atoms with Crippen LogP contribution >= 0.6 is 0 Å². The predicted molar refractivity (Wildman–Crippen MR) is 147 cm³/mol. The number of rotatable bonds is 13. The number of alkyl carbamates (subject to hydrolysis) is 1. The molecule has 4 unspecified atom stereocenters. The second-order valence-electron chi connectivity index (χ2n) is 10.7. The number of nitrogens with one attached hydrogen (secondary N) is 2. The molecule has 0 radical (unpaired) electrons. The first kappa shape index (κ1) is 32.1. The Kier molecular flexibility index (Phi) is 11.5. The van der Waals surface area contributed by atoms with Gasteiger partial charge >= 0.3 is 12.1 Å². The van der Waals surface area contributed by atoms with E-state index < -0.39 is 47.5 Å². The van der Waals surface area contributed by atoms with Crippen LogP contribution in [0.5, 0.6) is 0 Å². The van der Waals surface area contributed by atoms with Crippen LogP contribution in [-0.4, -0.2) is 65.5 Å². The summed E-state index contributed by atoms with van der Waals surface area (Å²) in [6.45, 7) is 8.85. The molecule has 0 aromatic heterocycles. The zero-order valence-corrected chi connectivity index (χ0v) is 23.8. The fourth-order valence-corrected chi connectivity index (χ4v) is 4.25. The van der Waals surface area contributed by atoms with Gasteiger partial charge < -0.3 is 30.7 Å². The maximum absolute atomic E-state index is 14.2. The summed E-state index contributed by atoms with van der Waals surface area (Å²) in [6.07, 6.45) is 5.18. The highest BCUT2D eigenvalue weighted by Crippen LogP contribution is 2.41. The Hall–Kier alpha value is -4.07. The quantitative estimate of drug-likeness (QED) is 0.248. The number of terminal acetylenes is 1. The van der Waals surface area contributed by atoms with Crippen LogP contribution in [-0.2, 0) is 28.7 Å². The van der Waals surface area contributed by atoms with Crippen molar-refractivity contribution < 1.29 is 33.4 Å². The zero-order chi connectivity index (χ0) is 30.0. The number of carbonyl (C=O) groups excluding carboxylic acids is 5. The van der Waals surface area contributed by atoms with E-state index in [0.717, 1.165) is 0 Å². The van der Waals surface area contributed by atoms with Crippen LogP contribution in [0.3, 0.4) is 0 Å². The van der Waals surface area contributed by atoms with Gasteiger partial charge in [0.25, 0.3) is 0 Å². The third kappa shape index (κ3) is 9.59. The van der Waals surface area contributed by atoms with Crippen LogP contribution in [0.2, 0.25) is 0 Å². The van der Waals surface area contributed by atoms with Gasteiger partial charge in [-0.3, -0.25) is 19.2 Å². The van der Waals surface area contributed by atoms with Gasteiger partial charge in [0.05, 0.1) is 13.0 Å². The molecule has 1 fully saturated rings. The molecular weight excluding hydrogens is 516 g/mol. The fraction of sp³-hybridized carbons (Fsp3) is 0.552. The molecule has 4 amide bonds. The van der Waals surface area contributed by atoms with Crippen LogP contribution in [0.25, 0.3) is 0 Å². The van der Waals surface area contributed by atoms with Gasteiger partial charge in [-0.15, -0.1) is 6.42 Å². The molecule has 0 bridgehead atoms. The lowest BCUT2D eigenvalue weighted by Crippen LogP contribution is -2.54. The lowest BCUT2D eigenvalue weighted by Gasteiger charge is -2.35. The second kappa shape index (κ2) is 14.4. The number of esters is 1. The van der Waals surface area contributed by atoms with Crippen LogP contribution < -0.4 is 16.4 Å². The number of benzene rings is 1. The first-order valence-corrected chi connectivity index (χ1v) is 13.4. The molecule has 0 heterocycles. The maximum Gasteiger partial charge on any atom is 0.408 e. The Labute approximate surface area is 235 Å². The third-order valence-corrected chi connectivity index (χ3v) is 6.22. The second-order valence-corrected chi connectivity index (χ2v) is 10.7. The molecule has 0 spiro atoms. The lowest BCUT2D eigenvalue weighted by molar-refractivity contribution is -0.145. The van der Waals surface area contributed by atoms with Gasteiger partial charge in [-0.2, -0.15) is 0 Å². The highest BCUT2D eigenvalue weighted by atomic mass is 16.6. The summed E-state index contributed by atoms with van der Waals surface area (Å²) in [5.74, 6) is 0.377. The van der Waals surface area contributed by atoms with Crippen LogP contribution in [0.4, 0.5) is 4.79 Å². The molecule has 1 aromatic rings. The summed E-state index contributed by atoms with van der Waals surface area (Å²) in [5.41, 5.74) is 5.34. The van der Waals surface area contributed by atoms with E-state index >= 15 is 0 Å². The Morgan fingerprint density at radius 2 is 1.82 bits per heavy atom. The molecule has 40 heavy (non-hydrogen) atoms. The monoisotopic (exact) mass is 556 g/mol. The van der Waals surface area contributed by atoms with Gasteiger partial charge in [0.15, 0.2) is 0 Å². The first-order chi connectivity index (χ1) is 18.8. The fourth-order valence-electron chi connectivity index (χ4n) is 4.25. The largest absolute Gasteiger partial charge is 0.466 e. The van der Waals surface area contributed by atoms with Crippen molar-refractivity contribution in [1.82, 2.24) is 15.5 Å². The number of nitrogens with two attached hydrogens (primary N) is 1. The maximum atomic E-state index is 14.2. The molecule has 11 heteroatoms. The average Bonchev–Trinajstić information content (AvgIpc) is 3.59. The standard InChI is InChI=1S/C29H40N4O7/c1-7-19-11-9-10-12-20(19)25(26(36)31-16-15-24(35)39-8-2)33(22-17-18(22)3)27(37)21(13-14-23(30)34)32-28(38)40-29(4,5)6/h1,9-12,18,21-22,25H,8,13-17H2,2-6H3,(H2,30,34)(H,31,36)(H,32,38). The molecule has 1 saturated carbocycles. The smallest absolute Gasteiger partial charge is 0.408 e. The SMILES string of the molecule is C#Cc1ccccc1C(C(=O)NCCC(=O)OCC)N(C(=O)C(CCC(N)=O)NC(=O)OC(C)(C)C)C1CC1C. The van der Waals surface area contributed by atoms with E-state index in [-0.39, 0.29) is 44.4 Å². The minimum atomic E-state index is -1.21. The van der Waals surface area contributed by atoms with Crippen molar-refractivity contribution in [2.24, 2.45) is 11.7 Å². The molecule has 11 nitrogen and oxygen atoms in total. The van der Waals surface area contributed by atoms with E-state index in [1.54, 1.807) is 52.0 Å². The minimum absolute atomic E-state index is 0.0180. The number of ether oxygens (including phenoxy) is 2. The Balaban J connectivity index is 2.49. The van der Waals surface area contributed by atoms with Gasteiger partial charge in [0.2, 0.25) is 17.7 Å². The molecule has 1 aliphatic rings. The first-order valence-electron chi connectivity index (χ1n) is 13.4. The van der Waals surface area contributed by atoms with E-state index in [2.05, 4.69) is 16.6 Å². The third-order valence-electron chi connectivity index (χ3n) is 6.22. The molecule has 1 aromatic carbocycles. The molecule has 2 rings (SSSR count). The Morgan fingerprint density at radius 1 is 1.18 bits per heavy atom. The molecule has 0 aliphatic heterocycles. The van der Waals surface area contributed by atoms with Gasteiger partial charge in [-0.25, -0.2) is 4.79 Å². The molecule has 0 saturated heterocycles. The number of primary amides is 1. The lowest BCUT2D eigenvalue weighted by atomic mass is 9.96. The van der Waals surface area contributed by atoms with Crippen molar-refractivity contribution >= 4 is 29.8 Å². The van der Waals surface area contributed by atoms with E-state index in [4.69, 9.17) is 21.6 Å². The van der Waals surface area contributed by atoms with Crippen LogP contribution in [0.15, 0.2) is 24.3 Å². The van der Waals surface area contributed by atoms with Gasteiger partial charge in [0.1, 0.15) is 17.7 Å². The van der Waals surface area contributed by atoms with Gasteiger partial charge in [-0.1, -0.05) is 31.0 Å². The highest BCUT2D eigenvalue weighted by molar-refractivity contribution is 5.93. The average molecular weight is 557 g/mol. The van der Waals surface area contributed by atoms with E-state index in [9.17, 15) is 24.0 Å². The van der Waals surface area contributed by atoms with E-state index in [0.29, 0.717) is 17.5 Å². The number of amides is 4. The number of carbonyl (C=O) groups is 5. The molecule has 4 atom stereocenters. The Bertz CT molecular complexity index is 1140. The van der Waals surface area contributed by atoms with Crippen molar-refractivity contribution in [1.29, 1.82) is 0 Å². The normalized spacial score (nSPS) is 17.4. The summed E-state index contributed by atoms with van der Waals surface area (Å²) < 4.78 is 10.3. The van der Waals surface area contributed by atoms with Gasteiger partial charge in [0, 0.05) is 24.6 Å². The Morgan fingerprint density at radius 3 is 2.38 bits per heavy atom. The van der Waals surface area contributed by atoms with Crippen molar-refractivity contribution in [2.75, 3.05) is 13.2 Å². The van der Waals surface area contributed by atoms with Crippen LogP contribution in [0.1, 0.15) is 77.5 Å². The van der Waals surface area contributed by atoms with Crippen LogP contribution in [0, 0.1) is 18.3 Å². The molecule has 4 N–H and O–H groups in total. The number of hydrogen-bond donors (Lipinski definition) is 3. The van der Waals surface area contributed by atoms with Gasteiger partial charge in [-0.05, 0) is 58.1 Å². The van der Waals surface area contributed by atoms with Crippen molar-refractivity contribution in [3.05, 3.63) is 35.4 Å². The molecular formula is C29H40N4O7. The van der Waals surface area contributed by atoms with Crippen molar-refractivity contribution in [3.63, 3.8) is 0 Å². The van der Waals surface area contributed by atoms with Crippen molar-refractivity contribution in [3.8, 4) is 12.3 Å². The summed E-state index contributed by atoms with van der Waals surface area (Å²) in [7, 11) is 0. The summed E-state index contributed by atoms with van der Waals surface area (Å²) in [5, 5.41) is 5.29. The van der Waals surface area contributed by atoms with E-state index in [1.807, 2.05) is 6.92 Å². The highest BCUT2D eigenvalue weighted by Gasteiger charge is 2.48. The van der Waals surface area contributed by atoms with Crippen molar-refractivity contribution in [2.45, 2.75) is 84.0 Å². The number of nitrogens with zero attached hydrogens (tertiary/aromatic N) is 1. The summed E-state index contributed by atoms with van der Waals surface area (Å²) >= 11 is 0. The predicted octanol–water partition coefficient (Wildman–Crippen LogP) is 2.17. The summed E-state index contributed by atoms with van der Waals surface area (Å²) in [4.78, 5) is 65.4. The number of hydrogen-bond acceptors (Lipinski definition) is 7. The molecule has 1 aliphatic carbocycles. The minimum Gasteiger partial charge on any atom is -0.466 e.